The van der Waals surface area contributed by atoms with Crippen molar-refractivity contribution in [3.05, 3.63) is 59.2 Å². The number of halogens is 1. The van der Waals surface area contributed by atoms with E-state index < -0.39 is 11.0 Å². The van der Waals surface area contributed by atoms with E-state index in [0.29, 0.717) is 29.8 Å². The van der Waals surface area contributed by atoms with Gasteiger partial charge in [0.1, 0.15) is 11.0 Å². The average Bonchev–Trinajstić information content (AvgIpc) is 3.23. The zero-order valence-corrected chi connectivity index (χ0v) is 17.5. The van der Waals surface area contributed by atoms with Crippen LogP contribution in [0.3, 0.4) is 0 Å². The van der Waals surface area contributed by atoms with Crippen molar-refractivity contribution in [2.24, 2.45) is 11.3 Å². The summed E-state index contributed by atoms with van der Waals surface area (Å²) in [6, 6.07) is 9.55. The molecule has 6 nitrogen and oxygen atoms in total. The van der Waals surface area contributed by atoms with Crippen LogP contribution in [0.25, 0.3) is 0 Å². The van der Waals surface area contributed by atoms with Crippen molar-refractivity contribution in [3.8, 4) is 0 Å². The van der Waals surface area contributed by atoms with E-state index in [0.717, 1.165) is 5.56 Å². The number of amides is 2. The summed E-state index contributed by atoms with van der Waals surface area (Å²) in [5, 5.41) is 7.32. The molecule has 2 spiro atoms. The minimum Gasteiger partial charge on any atom is -0.349 e. The quantitative estimate of drug-likeness (QED) is 0.697. The molecule has 1 aromatic carbocycles. The summed E-state index contributed by atoms with van der Waals surface area (Å²) in [4.78, 5) is 30.9. The Bertz CT molecular complexity index is 980. The Balaban J connectivity index is 1.58. The Morgan fingerprint density at radius 2 is 2.00 bits per heavy atom. The number of nitrogens with zero attached hydrogens (tertiary/aromatic N) is 2. The van der Waals surface area contributed by atoms with Crippen LogP contribution in [0.1, 0.15) is 5.56 Å². The van der Waals surface area contributed by atoms with Gasteiger partial charge in [-0.15, -0.1) is 0 Å². The highest BCUT2D eigenvalue weighted by atomic mass is 35.5. The summed E-state index contributed by atoms with van der Waals surface area (Å²) in [6.07, 6.45) is 5.61. The second kappa shape index (κ2) is 6.39. The zero-order valence-electron chi connectivity index (χ0n) is 15.9. The van der Waals surface area contributed by atoms with Gasteiger partial charge in [-0.05, 0) is 30.9 Å². The van der Waals surface area contributed by atoms with Crippen LogP contribution in [-0.4, -0.2) is 58.4 Å². The number of rotatable bonds is 2. The number of hydrogen-bond acceptors (Lipinski definition) is 4. The fourth-order valence-electron chi connectivity index (χ4n) is 5.43. The fourth-order valence-corrected chi connectivity index (χ4v) is 5.96. The molecule has 150 valence electrons. The molecule has 3 aliphatic heterocycles. The highest BCUT2D eigenvalue weighted by molar-refractivity contribution is 7.80. The summed E-state index contributed by atoms with van der Waals surface area (Å²) in [5.41, 5.74) is -1.11. The molecule has 29 heavy (non-hydrogen) atoms. The van der Waals surface area contributed by atoms with E-state index >= 15 is 0 Å². The van der Waals surface area contributed by atoms with Gasteiger partial charge in [-0.1, -0.05) is 54.1 Å². The smallest absolute Gasteiger partial charge is 0.257 e. The molecule has 3 heterocycles. The largest absolute Gasteiger partial charge is 0.349 e. The second-order valence-electron chi connectivity index (χ2n) is 8.29. The number of benzene rings is 1. The van der Waals surface area contributed by atoms with Gasteiger partial charge in [-0.2, -0.15) is 0 Å². The Morgan fingerprint density at radius 1 is 1.24 bits per heavy atom. The molecule has 2 amide bonds. The minimum atomic E-state index is -1.12. The first-order valence-electron chi connectivity index (χ1n) is 9.60. The number of carbonyl (C=O) groups excluding carboxylic acids is 2. The lowest BCUT2D eigenvalue weighted by molar-refractivity contribution is -0.142. The Morgan fingerprint density at radius 3 is 2.76 bits per heavy atom. The Labute approximate surface area is 179 Å². The summed E-state index contributed by atoms with van der Waals surface area (Å²) < 4.78 is 0. The predicted molar refractivity (Wildman–Crippen MR) is 114 cm³/mol. The third kappa shape index (κ3) is 2.47. The molecule has 0 radical (unpaired) electrons. The summed E-state index contributed by atoms with van der Waals surface area (Å²) in [6.45, 7) is 1.23. The van der Waals surface area contributed by atoms with Gasteiger partial charge in [-0.25, -0.2) is 0 Å². The van der Waals surface area contributed by atoms with E-state index in [4.69, 9.17) is 23.8 Å². The lowest BCUT2D eigenvalue weighted by Gasteiger charge is -2.39. The highest BCUT2D eigenvalue weighted by Gasteiger charge is 2.75. The molecule has 0 saturated carbocycles. The molecule has 2 N–H and O–H groups in total. The van der Waals surface area contributed by atoms with Crippen LogP contribution < -0.4 is 10.6 Å². The maximum absolute atomic E-state index is 13.9. The van der Waals surface area contributed by atoms with Gasteiger partial charge in [0.25, 0.3) is 5.91 Å². The summed E-state index contributed by atoms with van der Waals surface area (Å²) in [7, 11) is 1.93. The van der Waals surface area contributed by atoms with Gasteiger partial charge in [0.15, 0.2) is 5.11 Å². The molecule has 5 rings (SSSR count). The predicted octanol–water partition coefficient (Wildman–Crippen LogP) is 1.38. The van der Waals surface area contributed by atoms with E-state index in [-0.39, 0.29) is 23.8 Å². The average molecular weight is 429 g/mol. The van der Waals surface area contributed by atoms with Crippen molar-refractivity contribution in [1.29, 1.82) is 0 Å². The van der Waals surface area contributed by atoms with E-state index in [1.807, 2.05) is 54.4 Å². The van der Waals surface area contributed by atoms with Crippen LogP contribution in [0, 0.1) is 11.3 Å². The molecular weight excluding hydrogens is 408 g/mol. The Kier molecular flexibility index (Phi) is 4.14. The van der Waals surface area contributed by atoms with Gasteiger partial charge < -0.3 is 15.5 Å². The number of likely N-dealkylation sites (tertiary alicyclic amines) is 1. The zero-order chi connectivity index (χ0) is 20.4. The number of nitrogens with one attached hydrogen (secondary N) is 2. The summed E-state index contributed by atoms with van der Waals surface area (Å²) in [5.74, 6) is -0.506. The van der Waals surface area contributed by atoms with E-state index in [1.165, 1.54) is 0 Å². The highest BCUT2D eigenvalue weighted by Crippen LogP contribution is 2.54. The molecule has 4 atom stereocenters. The molecule has 4 aliphatic rings. The van der Waals surface area contributed by atoms with Crippen LogP contribution in [0.5, 0.6) is 0 Å². The van der Waals surface area contributed by atoms with Crippen molar-refractivity contribution >= 4 is 40.7 Å². The number of thiocarbonyl (C=S) groups is 1. The molecule has 0 aromatic heterocycles. The second-order valence-corrected chi connectivity index (χ2v) is 9.11. The van der Waals surface area contributed by atoms with Crippen molar-refractivity contribution in [2.75, 3.05) is 20.1 Å². The maximum atomic E-state index is 13.9. The molecule has 3 fully saturated rings. The van der Waals surface area contributed by atoms with Gasteiger partial charge in [-0.3, -0.25) is 14.5 Å². The van der Waals surface area contributed by atoms with Gasteiger partial charge in [0.05, 0.1) is 12.6 Å². The molecule has 1 unspecified atom stereocenters. The molecular formula is C21H21ClN4O2S. The topological polar surface area (TPSA) is 64.7 Å². The summed E-state index contributed by atoms with van der Waals surface area (Å²) >= 11 is 11.9. The number of fused-ring (bicyclic) bond motifs is 3. The number of hydrogen-bond donors (Lipinski definition) is 2. The lowest BCUT2D eigenvalue weighted by atomic mass is 9.63. The van der Waals surface area contributed by atoms with Gasteiger partial charge in [0.2, 0.25) is 5.91 Å². The van der Waals surface area contributed by atoms with Crippen LogP contribution in [0.15, 0.2) is 53.6 Å². The monoisotopic (exact) mass is 428 g/mol. The van der Waals surface area contributed by atoms with Crippen molar-refractivity contribution < 1.29 is 9.59 Å². The lowest BCUT2D eigenvalue weighted by Crippen LogP contribution is -2.64. The number of carbonyl (C=O) groups is 2. The van der Waals surface area contributed by atoms with E-state index in [1.54, 1.807) is 11.0 Å². The van der Waals surface area contributed by atoms with Crippen LogP contribution in [0.2, 0.25) is 0 Å². The van der Waals surface area contributed by atoms with Crippen molar-refractivity contribution in [1.82, 2.24) is 20.4 Å². The fraction of sp³-hybridized carbons (Fsp3) is 0.381. The first kappa shape index (κ1) is 18.8. The van der Waals surface area contributed by atoms with E-state index in [2.05, 4.69) is 10.6 Å². The molecule has 0 bridgehead atoms. The minimum absolute atomic E-state index is 0.130. The van der Waals surface area contributed by atoms with Crippen LogP contribution in [-0.2, 0) is 16.1 Å². The van der Waals surface area contributed by atoms with Crippen molar-refractivity contribution in [2.45, 2.75) is 18.1 Å². The maximum Gasteiger partial charge on any atom is 0.257 e. The van der Waals surface area contributed by atoms with Gasteiger partial charge >= 0.3 is 0 Å². The normalized spacial score (nSPS) is 36.0. The first-order chi connectivity index (χ1) is 13.9. The van der Waals surface area contributed by atoms with Crippen LogP contribution >= 0.6 is 23.8 Å². The SMILES string of the molecule is CN1C[C@]2(NC(=S)N(Cc3ccccc3)C2=O)[C@]2(C1)C(=O)NC1C=CC(Cl)=C[C@H]12. The van der Waals surface area contributed by atoms with Crippen LogP contribution in [0.4, 0.5) is 0 Å². The number of likely N-dealkylation sites (N-methyl/N-ethyl adjacent to an activating group) is 1. The third-order valence-electron chi connectivity index (χ3n) is 6.61. The molecule has 1 aliphatic carbocycles. The molecule has 3 saturated heterocycles. The van der Waals surface area contributed by atoms with Crippen molar-refractivity contribution in [3.63, 3.8) is 0 Å². The standard InChI is InChI=1S/C21H21ClN4O2S/c1-25-11-20(15-9-14(22)7-8-16(15)23-17(20)27)21(12-25)18(28)26(19(29)24-21)10-13-5-3-2-4-6-13/h2-9,15-16H,10-12H2,1H3,(H,23,27)(H,24,29)/t15-,16?,20+,21-/m1/s1. The third-order valence-corrected chi connectivity index (χ3v) is 7.18. The first-order valence-corrected chi connectivity index (χ1v) is 10.4. The van der Waals surface area contributed by atoms with Gasteiger partial charge in [0, 0.05) is 24.0 Å². The molecule has 8 heteroatoms. The van der Waals surface area contributed by atoms with E-state index in [9.17, 15) is 9.59 Å². The number of allylic oxidation sites excluding steroid dienone is 2. The molecule has 1 aromatic rings. The Hall–Kier alpha value is -2.22.